The van der Waals surface area contributed by atoms with Crippen LogP contribution in [-0.4, -0.2) is 4.98 Å². The predicted octanol–water partition coefficient (Wildman–Crippen LogP) is 2.92. The zero-order chi connectivity index (χ0) is 11.5. The van der Waals surface area contributed by atoms with Crippen molar-refractivity contribution >= 4 is 16.5 Å². The lowest BCUT2D eigenvalue weighted by Gasteiger charge is -2.09. The van der Waals surface area contributed by atoms with Gasteiger partial charge in [-0.05, 0) is 31.0 Å². The molecule has 0 spiro atoms. The Morgan fingerprint density at radius 1 is 1.38 bits per heavy atom. The zero-order valence-electron chi connectivity index (χ0n) is 9.36. The van der Waals surface area contributed by atoms with Gasteiger partial charge >= 0.3 is 0 Å². The Hall–Kier alpha value is -1.55. The number of nitrogen functional groups attached to an aromatic ring is 1. The number of anilines is 1. The molecular formula is C12H14N2OS. The molecule has 84 valence electrons. The van der Waals surface area contributed by atoms with E-state index in [0.717, 1.165) is 11.4 Å². The monoisotopic (exact) mass is 234 g/mol. The number of hydrogen-bond donors (Lipinski definition) is 1. The molecule has 0 aliphatic rings. The van der Waals surface area contributed by atoms with Gasteiger partial charge in [0.25, 0.3) is 0 Å². The maximum Gasteiger partial charge on any atom is 0.180 e. The van der Waals surface area contributed by atoms with Crippen molar-refractivity contribution in [1.82, 2.24) is 4.98 Å². The molecule has 0 fully saturated rings. The second kappa shape index (κ2) is 4.53. The van der Waals surface area contributed by atoms with Gasteiger partial charge < -0.3 is 10.5 Å². The summed E-state index contributed by atoms with van der Waals surface area (Å²) in [5.74, 6) is 0.909. The number of rotatable bonds is 3. The second-order valence-electron chi connectivity index (χ2n) is 3.66. The zero-order valence-corrected chi connectivity index (χ0v) is 10.2. The second-order valence-corrected chi connectivity index (χ2v) is 4.55. The third-order valence-electron chi connectivity index (χ3n) is 2.50. The van der Waals surface area contributed by atoms with Crippen molar-refractivity contribution in [2.24, 2.45) is 0 Å². The lowest BCUT2D eigenvalue weighted by molar-refractivity contribution is 0.300. The molecular weight excluding hydrogens is 220 g/mol. The van der Waals surface area contributed by atoms with E-state index in [1.165, 1.54) is 22.5 Å². The normalized spacial score (nSPS) is 10.4. The van der Waals surface area contributed by atoms with Gasteiger partial charge in [-0.15, -0.1) is 11.3 Å². The largest absolute Gasteiger partial charge is 0.487 e. The van der Waals surface area contributed by atoms with Gasteiger partial charge in [0, 0.05) is 5.38 Å². The van der Waals surface area contributed by atoms with E-state index in [9.17, 15) is 0 Å². The first kappa shape index (κ1) is 11.0. The van der Waals surface area contributed by atoms with Crippen LogP contribution in [0, 0.1) is 13.8 Å². The maximum absolute atomic E-state index is 5.71. The van der Waals surface area contributed by atoms with E-state index in [2.05, 4.69) is 24.9 Å². The Labute approximate surface area is 98.9 Å². The van der Waals surface area contributed by atoms with Crippen LogP contribution in [0.5, 0.6) is 5.75 Å². The van der Waals surface area contributed by atoms with Gasteiger partial charge in [-0.3, -0.25) is 0 Å². The summed E-state index contributed by atoms with van der Waals surface area (Å²) in [6.07, 6.45) is 0. The first-order valence-electron chi connectivity index (χ1n) is 5.05. The predicted molar refractivity (Wildman–Crippen MR) is 66.8 cm³/mol. The van der Waals surface area contributed by atoms with Crippen molar-refractivity contribution in [3.8, 4) is 5.75 Å². The summed E-state index contributed by atoms with van der Waals surface area (Å²) in [5.41, 5.74) is 8.84. The number of hydrogen-bond acceptors (Lipinski definition) is 4. The van der Waals surface area contributed by atoms with Gasteiger partial charge in [-0.25, -0.2) is 4.98 Å². The average Bonchev–Trinajstić information content (AvgIpc) is 2.67. The SMILES string of the molecule is Cc1cccc(OCc2csc(N)n2)c1C. The first-order valence-corrected chi connectivity index (χ1v) is 5.93. The van der Waals surface area contributed by atoms with E-state index in [4.69, 9.17) is 10.5 Å². The van der Waals surface area contributed by atoms with Crippen molar-refractivity contribution in [1.29, 1.82) is 0 Å². The van der Waals surface area contributed by atoms with Gasteiger partial charge in [0.15, 0.2) is 5.13 Å². The highest BCUT2D eigenvalue weighted by molar-refractivity contribution is 7.13. The molecule has 0 saturated heterocycles. The summed E-state index contributed by atoms with van der Waals surface area (Å²) in [7, 11) is 0. The fourth-order valence-electron chi connectivity index (χ4n) is 1.42. The minimum Gasteiger partial charge on any atom is -0.487 e. The van der Waals surface area contributed by atoms with E-state index in [1.807, 2.05) is 17.5 Å². The highest BCUT2D eigenvalue weighted by Crippen LogP contribution is 2.22. The van der Waals surface area contributed by atoms with Crippen LogP contribution in [0.1, 0.15) is 16.8 Å². The molecule has 0 saturated carbocycles. The van der Waals surface area contributed by atoms with Crippen LogP contribution in [0.4, 0.5) is 5.13 Å². The van der Waals surface area contributed by atoms with Crippen molar-refractivity contribution in [3.05, 3.63) is 40.4 Å². The molecule has 0 bridgehead atoms. The van der Waals surface area contributed by atoms with Crippen LogP contribution in [-0.2, 0) is 6.61 Å². The van der Waals surface area contributed by atoms with Gasteiger partial charge in [0.05, 0.1) is 5.69 Å². The quantitative estimate of drug-likeness (QED) is 0.888. The van der Waals surface area contributed by atoms with Crippen LogP contribution in [0.2, 0.25) is 0 Å². The minimum absolute atomic E-state index is 0.470. The first-order chi connectivity index (χ1) is 7.66. The van der Waals surface area contributed by atoms with Crippen LogP contribution in [0.3, 0.4) is 0 Å². The van der Waals surface area contributed by atoms with Gasteiger partial charge in [0.2, 0.25) is 0 Å². The molecule has 0 unspecified atom stereocenters. The third kappa shape index (κ3) is 2.33. The topological polar surface area (TPSA) is 48.1 Å². The summed E-state index contributed by atoms with van der Waals surface area (Å²) >= 11 is 1.43. The van der Waals surface area contributed by atoms with E-state index < -0.39 is 0 Å². The Balaban J connectivity index is 2.07. The molecule has 0 atom stereocenters. The maximum atomic E-state index is 5.71. The number of nitrogens with zero attached hydrogens (tertiary/aromatic N) is 1. The smallest absolute Gasteiger partial charge is 0.180 e. The van der Waals surface area contributed by atoms with E-state index >= 15 is 0 Å². The molecule has 2 aromatic rings. The highest BCUT2D eigenvalue weighted by atomic mass is 32.1. The molecule has 0 amide bonds. The molecule has 0 aliphatic carbocycles. The van der Waals surface area contributed by atoms with Crippen molar-refractivity contribution in [3.63, 3.8) is 0 Å². The van der Waals surface area contributed by atoms with Crippen LogP contribution >= 0.6 is 11.3 Å². The Morgan fingerprint density at radius 3 is 2.88 bits per heavy atom. The van der Waals surface area contributed by atoms with Gasteiger partial charge in [0.1, 0.15) is 12.4 Å². The van der Waals surface area contributed by atoms with Crippen LogP contribution in [0.25, 0.3) is 0 Å². The molecule has 16 heavy (non-hydrogen) atoms. The highest BCUT2D eigenvalue weighted by Gasteiger charge is 2.03. The summed E-state index contributed by atoms with van der Waals surface area (Å²) in [4.78, 5) is 4.15. The standard InChI is InChI=1S/C12H14N2OS/c1-8-4-3-5-11(9(8)2)15-6-10-7-16-12(13)14-10/h3-5,7H,6H2,1-2H3,(H2,13,14). The number of ether oxygens (including phenoxy) is 1. The van der Waals surface area contributed by atoms with E-state index in [-0.39, 0.29) is 0 Å². The number of aromatic nitrogens is 1. The molecule has 0 radical (unpaired) electrons. The van der Waals surface area contributed by atoms with Crippen LogP contribution < -0.4 is 10.5 Å². The van der Waals surface area contributed by atoms with Gasteiger partial charge in [-0.2, -0.15) is 0 Å². The minimum atomic E-state index is 0.470. The molecule has 1 heterocycles. The summed E-state index contributed by atoms with van der Waals surface area (Å²) < 4.78 is 5.71. The van der Waals surface area contributed by atoms with Crippen molar-refractivity contribution in [2.75, 3.05) is 5.73 Å². The molecule has 1 aromatic heterocycles. The lowest BCUT2D eigenvalue weighted by atomic mass is 10.1. The fourth-order valence-corrected chi connectivity index (χ4v) is 1.97. The molecule has 4 heteroatoms. The third-order valence-corrected chi connectivity index (χ3v) is 3.22. The molecule has 1 aromatic carbocycles. The molecule has 2 N–H and O–H groups in total. The van der Waals surface area contributed by atoms with E-state index in [0.29, 0.717) is 11.7 Å². The summed E-state index contributed by atoms with van der Waals surface area (Å²) in [6, 6.07) is 6.04. The molecule has 0 aliphatic heterocycles. The summed E-state index contributed by atoms with van der Waals surface area (Å²) in [6.45, 7) is 4.60. The molecule has 3 nitrogen and oxygen atoms in total. The van der Waals surface area contributed by atoms with E-state index in [1.54, 1.807) is 0 Å². The average molecular weight is 234 g/mol. The van der Waals surface area contributed by atoms with Crippen LogP contribution in [0.15, 0.2) is 23.6 Å². The number of aryl methyl sites for hydroxylation is 1. The van der Waals surface area contributed by atoms with Crippen molar-refractivity contribution < 1.29 is 4.74 Å². The molecule has 2 rings (SSSR count). The Bertz CT molecular complexity index is 494. The Morgan fingerprint density at radius 2 is 2.19 bits per heavy atom. The Kier molecular flexibility index (Phi) is 3.10. The lowest BCUT2D eigenvalue weighted by Crippen LogP contribution is -1.98. The number of benzene rings is 1. The van der Waals surface area contributed by atoms with Gasteiger partial charge in [-0.1, -0.05) is 12.1 Å². The number of thiazole rings is 1. The van der Waals surface area contributed by atoms with Crippen molar-refractivity contribution in [2.45, 2.75) is 20.5 Å². The fraction of sp³-hybridized carbons (Fsp3) is 0.250. The summed E-state index contributed by atoms with van der Waals surface area (Å²) in [5, 5.41) is 2.50. The number of nitrogens with two attached hydrogens (primary N) is 1.